The second kappa shape index (κ2) is 5.97. The van der Waals surface area contributed by atoms with E-state index in [1.807, 2.05) is 18.8 Å². The smallest absolute Gasteiger partial charge is 0.185 e. The molecule has 5 heteroatoms. The molecule has 2 rings (SSSR count). The summed E-state index contributed by atoms with van der Waals surface area (Å²) >= 11 is 3.45. The zero-order valence-electron chi connectivity index (χ0n) is 11.0. The lowest BCUT2D eigenvalue weighted by molar-refractivity contribution is 0.0910. The highest BCUT2D eigenvalue weighted by Crippen LogP contribution is 2.30. The molecule has 0 atom stereocenters. The van der Waals surface area contributed by atoms with Gasteiger partial charge in [0.2, 0.25) is 0 Å². The number of ketones is 1. The van der Waals surface area contributed by atoms with E-state index in [2.05, 4.69) is 25.9 Å². The Morgan fingerprint density at radius 1 is 1.50 bits per heavy atom. The van der Waals surface area contributed by atoms with Gasteiger partial charge in [0.1, 0.15) is 5.69 Å². The monoisotopic (exact) mass is 313 g/mol. The van der Waals surface area contributed by atoms with Gasteiger partial charge in [0.15, 0.2) is 5.78 Å². The number of rotatable bonds is 5. The van der Waals surface area contributed by atoms with Gasteiger partial charge in [-0.3, -0.25) is 9.48 Å². The minimum Gasteiger partial charge on any atom is -0.308 e. The Hall–Kier alpha value is -0.680. The van der Waals surface area contributed by atoms with Crippen molar-refractivity contribution in [1.82, 2.24) is 14.7 Å². The SMILES string of the molecule is CN(C)CCn1ncc(Br)c1C(=O)C1CCCC1. The van der Waals surface area contributed by atoms with E-state index in [0.717, 1.165) is 36.1 Å². The number of hydrogen-bond donors (Lipinski definition) is 0. The van der Waals surface area contributed by atoms with Gasteiger partial charge in [-0.1, -0.05) is 12.8 Å². The van der Waals surface area contributed by atoms with Crippen LogP contribution in [0, 0.1) is 5.92 Å². The van der Waals surface area contributed by atoms with Crippen LogP contribution in [0.3, 0.4) is 0 Å². The van der Waals surface area contributed by atoms with Gasteiger partial charge in [-0.05, 0) is 42.9 Å². The second-order valence-electron chi connectivity index (χ2n) is 5.21. The van der Waals surface area contributed by atoms with E-state index >= 15 is 0 Å². The molecule has 0 amide bonds. The molecule has 1 saturated carbocycles. The molecule has 100 valence electrons. The molecule has 0 bridgehead atoms. The van der Waals surface area contributed by atoms with E-state index < -0.39 is 0 Å². The summed E-state index contributed by atoms with van der Waals surface area (Å²) in [6, 6.07) is 0. The summed E-state index contributed by atoms with van der Waals surface area (Å²) in [6.07, 6.45) is 6.16. The van der Waals surface area contributed by atoms with Crippen LogP contribution in [0.15, 0.2) is 10.7 Å². The van der Waals surface area contributed by atoms with Crippen LogP contribution in [0.1, 0.15) is 36.2 Å². The van der Waals surface area contributed by atoms with Crippen LogP contribution in [0.5, 0.6) is 0 Å². The minimum absolute atomic E-state index is 0.205. The molecule has 4 nitrogen and oxygen atoms in total. The fraction of sp³-hybridized carbons (Fsp3) is 0.692. The Balaban J connectivity index is 2.14. The number of Topliss-reactive ketones (excluding diaryl/α,β-unsaturated/α-hetero) is 1. The predicted octanol–water partition coefficient (Wildman–Crippen LogP) is 2.58. The van der Waals surface area contributed by atoms with Crippen molar-refractivity contribution in [2.75, 3.05) is 20.6 Å². The van der Waals surface area contributed by atoms with Crippen molar-refractivity contribution >= 4 is 21.7 Å². The van der Waals surface area contributed by atoms with Gasteiger partial charge in [0.25, 0.3) is 0 Å². The lowest BCUT2D eigenvalue weighted by atomic mass is 10.0. The van der Waals surface area contributed by atoms with Gasteiger partial charge in [-0.15, -0.1) is 0 Å². The van der Waals surface area contributed by atoms with Crippen LogP contribution in [-0.2, 0) is 6.54 Å². The Labute approximate surface area is 116 Å². The van der Waals surface area contributed by atoms with E-state index in [9.17, 15) is 4.79 Å². The van der Waals surface area contributed by atoms with Crippen molar-refractivity contribution in [3.63, 3.8) is 0 Å². The first kappa shape index (κ1) is 13.7. The Morgan fingerprint density at radius 3 is 2.78 bits per heavy atom. The van der Waals surface area contributed by atoms with Crippen LogP contribution in [0.25, 0.3) is 0 Å². The maximum absolute atomic E-state index is 12.5. The summed E-state index contributed by atoms with van der Waals surface area (Å²) in [5, 5.41) is 4.30. The van der Waals surface area contributed by atoms with Crippen molar-refractivity contribution < 1.29 is 4.79 Å². The van der Waals surface area contributed by atoms with Crippen molar-refractivity contribution in [2.45, 2.75) is 32.2 Å². The molecule has 1 fully saturated rings. The molecule has 1 aliphatic rings. The summed E-state index contributed by atoms with van der Waals surface area (Å²) in [7, 11) is 4.05. The van der Waals surface area contributed by atoms with Crippen LogP contribution in [-0.4, -0.2) is 41.1 Å². The summed E-state index contributed by atoms with van der Waals surface area (Å²) in [4.78, 5) is 14.6. The van der Waals surface area contributed by atoms with Crippen molar-refractivity contribution in [1.29, 1.82) is 0 Å². The Bertz CT molecular complexity index is 422. The Kier molecular flexibility index (Phi) is 4.56. The Morgan fingerprint density at radius 2 is 2.17 bits per heavy atom. The zero-order valence-corrected chi connectivity index (χ0v) is 12.6. The minimum atomic E-state index is 0.205. The standard InChI is InChI=1S/C13H20BrN3O/c1-16(2)7-8-17-12(11(14)9-15-17)13(18)10-5-3-4-6-10/h9-10H,3-8H2,1-2H3. The first-order valence-corrected chi connectivity index (χ1v) is 7.29. The maximum atomic E-state index is 12.5. The lowest BCUT2D eigenvalue weighted by Crippen LogP contribution is -2.23. The molecule has 1 aliphatic carbocycles. The molecule has 0 aliphatic heterocycles. The van der Waals surface area contributed by atoms with E-state index in [4.69, 9.17) is 0 Å². The van der Waals surface area contributed by atoms with Crippen molar-refractivity contribution in [3.8, 4) is 0 Å². The molecule has 1 aromatic rings. The molecule has 0 saturated heterocycles. The fourth-order valence-corrected chi connectivity index (χ4v) is 2.94. The third-order valence-corrected chi connectivity index (χ3v) is 4.09. The largest absolute Gasteiger partial charge is 0.308 e. The van der Waals surface area contributed by atoms with Crippen molar-refractivity contribution in [2.24, 2.45) is 5.92 Å². The number of hydrogen-bond acceptors (Lipinski definition) is 3. The number of likely N-dealkylation sites (N-methyl/N-ethyl adjacent to an activating group) is 1. The van der Waals surface area contributed by atoms with E-state index in [1.54, 1.807) is 6.20 Å². The maximum Gasteiger partial charge on any atom is 0.185 e. The van der Waals surface area contributed by atoms with Gasteiger partial charge in [0.05, 0.1) is 17.2 Å². The summed E-state index contributed by atoms with van der Waals surface area (Å²) < 4.78 is 2.67. The molecular formula is C13H20BrN3O. The van der Waals surface area contributed by atoms with Gasteiger partial charge in [-0.25, -0.2) is 0 Å². The average molecular weight is 314 g/mol. The molecule has 1 heterocycles. The third-order valence-electron chi connectivity index (χ3n) is 3.51. The summed E-state index contributed by atoms with van der Waals surface area (Å²) in [5.41, 5.74) is 0.753. The summed E-state index contributed by atoms with van der Waals surface area (Å²) in [5.74, 6) is 0.465. The van der Waals surface area contributed by atoms with Gasteiger partial charge in [0, 0.05) is 12.5 Å². The number of carbonyl (C=O) groups is 1. The predicted molar refractivity (Wildman–Crippen MR) is 74.8 cm³/mol. The van der Waals surface area contributed by atoms with Crippen LogP contribution >= 0.6 is 15.9 Å². The lowest BCUT2D eigenvalue weighted by Gasteiger charge is -2.13. The number of halogens is 1. The van der Waals surface area contributed by atoms with Crippen molar-refractivity contribution in [3.05, 3.63) is 16.4 Å². The topological polar surface area (TPSA) is 38.1 Å². The average Bonchev–Trinajstić information content (AvgIpc) is 2.94. The zero-order chi connectivity index (χ0) is 13.1. The number of nitrogens with zero attached hydrogens (tertiary/aromatic N) is 3. The first-order chi connectivity index (χ1) is 8.59. The molecular weight excluding hydrogens is 294 g/mol. The third kappa shape index (κ3) is 3.01. The van der Waals surface area contributed by atoms with E-state index in [1.165, 1.54) is 12.8 Å². The highest BCUT2D eigenvalue weighted by Gasteiger charge is 2.28. The van der Waals surface area contributed by atoms with Gasteiger partial charge >= 0.3 is 0 Å². The molecule has 0 unspecified atom stereocenters. The second-order valence-corrected chi connectivity index (χ2v) is 6.07. The molecule has 0 N–H and O–H groups in total. The molecule has 0 aromatic carbocycles. The fourth-order valence-electron chi connectivity index (χ4n) is 2.45. The van der Waals surface area contributed by atoms with Crippen LogP contribution < -0.4 is 0 Å². The van der Waals surface area contributed by atoms with E-state index in [-0.39, 0.29) is 11.7 Å². The highest BCUT2D eigenvalue weighted by molar-refractivity contribution is 9.10. The van der Waals surface area contributed by atoms with Crippen LogP contribution in [0.4, 0.5) is 0 Å². The van der Waals surface area contributed by atoms with Gasteiger partial charge in [-0.2, -0.15) is 5.10 Å². The quantitative estimate of drug-likeness (QED) is 0.784. The van der Waals surface area contributed by atoms with Crippen LogP contribution in [0.2, 0.25) is 0 Å². The molecule has 0 spiro atoms. The molecule has 0 radical (unpaired) electrons. The van der Waals surface area contributed by atoms with Gasteiger partial charge < -0.3 is 4.90 Å². The first-order valence-electron chi connectivity index (χ1n) is 6.50. The molecule has 1 aromatic heterocycles. The highest BCUT2D eigenvalue weighted by atomic mass is 79.9. The molecule has 18 heavy (non-hydrogen) atoms. The number of aromatic nitrogens is 2. The van der Waals surface area contributed by atoms with E-state index in [0.29, 0.717) is 0 Å². The normalized spacial score (nSPS) is 16.7. The number of carbonyl (C=O) groups excluding carboxylic acids is 1. The summed E-state index contributed by atoms with van der Waals surface area (Å²) in [6.45, 7) is 1.64.